The van der Waals surface area contributed by atoms with Crippen molar-refractivity contribution >= 4 is 52.3 Å². The zero-order valence-electron chi connectivity index (χ0n) is 15.4. The van der Waals surface area contributed by atoms with Crippen LogP contribution in [0.3, 0.4) is 0 Å². The third-order valence-corrected chi connectivity index (χ3v) is 5.20. The Morgan fingerprint density at radius 3 is 2.68 bits per heavy atom. The van der Waals surface area contributed by atoms with E-state index in [0.717, 1.165) is 43.3 Å². The molecule has 0 unspecified atom stereocenters. The second kappa shape index (κ2) is 8.37. The van der Waals surface area contributed by atoms with E-state index in [4.69, 9.17) is 11.6 Å². The van der Waals surface area contributed by atoms with Crippen molar-refractivity contribution in [1.29, 1.82) is 0 Å². The number of nitrogens with zero attached hydrogens (tertiary/aromatic N) is 3. The summed E-state index contributed by atoms with van der Waals surface area (Å²) in [4.78, 5) is 19.3. The normalized spacial score (nSPS) is 14.0. The smallest absolute Gasteiger partial charge is 0.257 e. The molecule has 1 saturated heterocycles. The number of halogens is 3. The van der Waals surface area contributed by atoms with Gasteiger partial charge >= 0.3 is 0 Å². The number of aromatic nitrogens is 2. The molecule has 4 rings (SSSR count). The lowest BCUT2D eigenvalue weighted by molar-refractivity contribution is 0.0725. The molecule has 0 aliphatic carbocycles. The molecule has 3 heterocycles. The highest BCUT2D eigenvalue weighted by atomic mass is 35.5. The van der Waals surface area contributed by atoms with Crippen molar-refractivity contribution in [2.45, 2.75) is 19.3 Å². The van der Waals surface area contributed by atoms with Gasteiger partial charge in [0.1, 0.15) is 11.6 Å². The molecule has 2 aromatic heterocycles. The molecule has 0 atom stereocenters. The lowest BCUT2D eigenvalue weighted by Gasteiger charge is -2.27. The number of piperidine rings is 1. The highest BCUT2D eigenvalue weighted by molar-refractivity contribution is 6.30. The summed E-state index contributed by atoms with van der Waals surface area (Å²) >= 11 is 5.82. The van der Waals surface area contributed by atoms with Gasteiger partial charge < -0.3 is 14.8 Å². The number of carbonyl (C=O) groups excluding carboxylic acids is 1. The lowest BCUT2D eigenvalue weighted by Crippen LogP contribution is -2.35. The maximum atomic E-state index is 14.2. The van der Waals surface area contributed by atoms with Crippen LogP contribution in [-0.4, -0.2) is 33.4 Å². The molecule has 1 aromatic carbocycles. The van der Waals surface area contributed by atoms with Gasteiger partial charge in [-0.1, -0.05) is 11.6 Å². The summed E-state index contributed by atoms with van der Waals surface area (Å²) in [6.07, 6.45) is 6.69. The fraction of sp³-hybridized carbons (Fsp3) is 0.300. The summed E-state index contributed by atoms with van der Waals surface area (Å²) in [5.41, 5.74) is 1.64. The highest BCUT2D eigenvalue weighted by Gasteiger charge is 2.23. The van der Waals surface area contributed by atoms with Gasteiger partial charge in [0.25, 0.3) is 5.91 Å². The van der Waals surface area contributed by atoms with Crippen molar-refractivity contribution in [3.8, 4) is 0 Å². The van der Waals surface area contributed by atoms with Gasteiger partial charge in [-0.25, -0.2) is 9.37 Å². The fourth-order valence-electron chi connectivity index (χ4n) is 3.56. The number of aryl methyl sites for hydroxylation is 1. The summed E-state index contributed by atoms with van der Waals surface area (Å²) in [5.74, 6) is 0.0436. The van der Waals surface area contributed by atoms with E-state index >= 15 is 0 Å². The van der Waals surface area contributed by atoms with E-state index in [2.05, 4.69) is 10.3 Å². The monoisotopic (exact) mass is 422 g/mol. The van der Waals surface area contributed by atoms with E-state index < -0.39 is 5.82 Å². The molecule has 1 aliphatic rings. The SMILES string of the molecule is Cl.Cn1ccc2c(Nc3ccc(Cl)cc3F)ncc(C(=O)N3CCCCC3)c21. The maximum absolute atomic E-state index is 14.2. The van der Waals surface area contributed by atoms with E-state index in [-0.39, 0.29) is 24.0 Å². The Balaban J connectivity index is 0.00000225. The van der Waals surface area contributed by atoms with Crippen molar-refractivity contribution in [2.24, 2.45) is 7.05 Å². The number of likely N-dealkylation sites (tertiary alicyclic amines) is 1. The van der Waals surface area contributed by atoms with Gasteiger partial charge in [0, 0.05) is 42.9 Å². The van der Waals surface area contributed by atoms with Crippen molar-refractivity contribution in [2.75, 3.05) is 18.4 Å². The molecular weight excluding hydrogens is 402 g/mol. The minimum atomic E-state index is -0.457. The molecule has 5 nitrogen and oxygen atoms in total. The Morgan fingerprint density at radius 2 is 1.96 bits per heavy atom. The van der Waals surface area contributed by atoms with Crippen LogP contribution < -0.4 is 5.32 Å². The van der Waals surface area contributed by atoms with Gasteiger partial charge in [-0.05, 0) is 43.5 Å². The molecule has 0 saturated carbocycles. The van der Waals surface area contributed by atoms with Crippen LogP contribution in [0.1, 0.15) is 29.6 Å². The van der Waals surface area contributed by atoms with Gasteiger partial charge in [0.15, 0.2) is 0 Å². The number of rotatable bonds is 3. The van der Waals surface area contributed by atoms with Gasteiger partial charge in [-0.2, -0.15) is 0 Å². The second-order valence-electron chi connectivity index (χ2n) is 6.81. The quantitative estimate of drug-likeness (QED) is 0.634. The first-order valence-electron chi connectivity index (χ1n) is 9.00. The Kier molecular flexibility index (Phi) is 6.10. The number of fused-ring (bicyclic) bond motifs is 1. The van der Waals surface area contributed by atoms with E-state index in [1.807, 2.05) is 28.8 Å². The predicted octanol–water partition coefficient (Wildman–Crippen LogP) is 5.16. The van der Waals surface area contributed by atoms with Crippen LogP contribution in [0.2, 0.25) is 5.02 Å². The second-order valence-corrected chi connectivity index (χ2v) is 7.25. The Labute approximate surface area is 173 Å². The average Bonchev–Trinajstić information content (AvgIpc) is 3.07. The Hall–Kier alpha value is -2.31. The van der Waals surface area contributed by atoms with Crippen LogP contribution in [0.5, 0.6) is 0 Å². The molecule has 28 heavy (non-hydrogen) atoms. The van der Waals surface area contributed by atoms with Gasteiger partial charge in [-0.3, -0.25) is 4.79 Å². The van der Waals surface area contributed by atoms with Crippen LogP contribution in [-0.2, 0) is 7.05 Å². The average molecular weight is 423 g/mol. The molecule has 8 heteroatoms. The Morgan fingerprint density at radius 1 is 1.21 bits per heavy atom. The van der Waals surface area contributed by atoms with Crippen molar-refractivity contribution in [3.05, 3.63) is 53.1 Å². The molecular formula is C20H21Cl2FN4O. The number of nitrogens with one attached hydrogen (secondary N) is 1. The minimum Gasteiger partial charge on any atom is -0.350 e. The first-order valence-corrected chi connectivity index (χ1v) is 9.38. The van der Waals surface area contributed by atoms with Crippen LogP contribution in [0.4, 0.5) is 15.9 Å². The van der Waals surface area contributed by atoms with Crippen LogP contribution >= 0.6 is 24.0 Å². The van der Waals surface area contributed by atoms with E-state index in [0.29, 0.717) is 16.4 Å². The van der Waals surface area contributed by atoms with Crippen LogP contribution in [0.25, 0.3) is 10.9 Å². The highest BCUT2D eigenvalue weighted by Crippen LogP contribution is 2.30. The molecule has 148 valence electrons. The fourth-order valence-corrected chi connectivity index (χ4v) is 3.72. The summed E-state index contributed by atoms with van der Waals surface area (Å²) in [5, 5.41) is 4.12. The number of carbonyl (C=O) groups is 1. The number of benzene rings is 1. The number of amides is 1. The summed E-state index contributed by atoms with van der Waals surface area (Å²) < 4.78 is 16.1. The maximum Gasteiger partial charge on any atom is 0.257 e. The first-order chi connectivity index (χ1) is 13.0. The number of hydrogen-bond donors (Lipinski definition) is 1. The number of hydrogen-bond acceptors (Lipinski definition) is 3. The van der Waals surface area contributed by atoms with Gasteiger partial charge in [-0.15, -0.1) is 12.4 Å². The van der Waals surface area contributed by atoms with E-state index in [9.17, 15) is 9.18 Å². The summed E-state index contributed by atoms with van der Waals surface area (Å²) in [6, 6.07) is 6.32. The minimum absolute atomic E-state index is 0. The zero-order valence-corrected chi connectivity index (χ0v) is 17.0. The topological polar surface area (TPSA) is 50.2 Å². The molecule has 1 N–H and O–H groups in total. The van der Waals surface area contributed by atoms with Crippen LogP contribution in [0.15, 0.2) is 36.7 Å². The van der Waals surface area contributed by atoms with Crippen molar-refractivity contribution < 1.29 is 9.18 Å². The largest absolute Gasteiger partial charge is 0.350 e. The van der Waals surface area contributed by atoms with Gasteiger partial charge in [0.2, 0.25) is 0 Å². The van der Waals surface area contributed by atoms with Gasteiger partial charge in [0.05, 0.1) is 16.8 Å². The van der Waals surface area contributed by atoms with Crippen molar-refractivity contribution in [3.63, 3.8) is 0 Å². The van der Waals surface area contributed by atoms with E-state index in [1.54, 1.807) is 18.3 Å². The summed E-state index contributed by atoms with van der Waals surface area (Å²) in [7, 11) is 1.89. The molecule has 0 radical (unpaired) electrons. The third kappa shape index (κ3) is 3.80. The molecule has 0 bridgehead atoms. The molecule has 1 aliphatic heterocycles. The first kappa shape index (κ1) is 20.4. The number of pyridine rings is 1. The van der Waals surface area contributed by atoms with Crippen LogP contribution in [0, 0.1) is 5.82 Å². The Bertz CT molecular complexity index is 1010. The summed E-state index contributed by atoms with van der Waals surface area (Å²) in [6.45, 7) is 1.56. The van der Waals surface area contributed by atoms with Crippen molar-refractivity contribution in [1.82, 2.24) is 14.5 Å². The zero-order chi connectivity index (χ0) is 19.0. The molecule has 1 amide bonds. The van der Waals surface area contributed by atoms with E-state index in [1.165, 1.54) is 6.07 Å². The number of anilines is 2. The molecule has 0 spiro atoms. The standard InChI is InChI=1S/C20H20ClFN4O.ClH/c1-25-10-7-14-18(25)15(20(27)26-8-3-2-4-9-26)12-23-19(14)24-17-6-5-13(21)11-16(17)22;/h5-7,10-12H,2-4,8-9H2,1H3,(H,23,24);1H. The predicted molar refractivity (Wildman–Crippen MR) is 112 cm³/mol. The molecule has 3 aromatic rings. The molecule has 1 fully saturated rings. The third-order valence-electron chi connectivity index (χ3n) is 4.96. The lowest BCUT2D eigenvalue weighted by atomic mass is 10.1.